The average molecular weight is 317 g/mol. The van der Waals surface area contributed by atoms with Gasteiger partial charge in [0.1, 0.15) is 5.75 Å². The lowest BCUT2D eigenvalue weighted by Gasteiger charge is -2.11. The van der Waals surface area contributed by atoms with Crippen molar-refractivity contribution in [3.63, 3.8) is 0 Å². The lowest BCUT2D eigenvalue weighted by atomic mass is 10.1. The molecule has 0 aliphatic carbocycles. The predicted molar refractivity (Wildman–Crippen MR) is 86.8 cm³/mol. The van der Waals surface area contributed by atoms with Crippen molar-refractivity contribution >= 4 is 11.9 Å². The first kappa shape index (κ1) is 16.8. The molecule has 0 aromatic heterocycles. The van der Waals surface area contributed by atoms with E-state index in [9.17, 15) is 15.3 Å². The number of methoxy groups -OCH3 is 2. The van der Waals surface area contributed by atoms with Crippen LogP contribution in [0.5, 0.6) is 17.2 Å². The maximum atomic E-state index is 9.75. The van der Waals surface area contributed by atoms with Gasteiger partial charge in [0.25, 0.3) is 0 Å². The fourth-order valence-electron chi connectivity index (χ4n) is 2.20. The van der Waals surface area contributed by atoms with Crippen LogP contribution in [0, 0.1) is 0 Å². The number of phenols is 1. The van der Waals surface area contributed by atoms with Gasteiger partial charge in [-0.1, -0.05) is 0 Å². The largest absolute Gasteiger partial charge is 0.504 e. The first-order valence-electron chi connectivity index (χ1n) is 6.95. The quantitative estimate of drug-likeness (QED) is 0.710. The van der Waals surface area contributed by atoms with Crippen molar-refractivity contribution in [3.8, 4) is 17.2 Å². The number of rotatable bonds is 6. The van der Waals surface area contributed by atoms with Crippen molar-refractivity contribution in [2.45, 2.75) is 13.2 Å². The van der Waals surface area contributed by atoms with Gasteiger partial charge >= 0.3 is 0 Å². The number of aromatic hydroxyl groups is 1. The second kappa shape index (κ2) is 7.62. The molecule has 0 unspecified atom stereocenters. The molecule has 2 aromatic carbocycles. The lowest BCUT2D eigenvalue weighted by molar-refractivity contribution is 0.254. The van der Waals surface area contributed by atoms with E-state index in [2.05, 4.69) is 4.99 Å². The molecule has 6 nitrogen and oxygen atoms in total. The Hall–Kier alpha value is -2.57. The molecule has 23 heavy (non-hydrogen) atoms. The fraction of sp³-hybridized carbons (Fsp3) is 0.235. The average Bonchev–Trinajstić information content (AvgIpc) is 2.58. The van der Waals surface area contributed by atoms with Crippen molar-refractivity contribution in [2.75, 3.05) is 14.2 Å². The minimum absolute atomic E-state index is 0.0284. The molecule has 2 aromatic rings. The normalized spacial score (nSPS) is 11.0. The summed E-state index contributed by atoms with van der Waals surface area (Å²) in [5.74, 6) is 0.878. The molecule has 0 amide bonds. The molecule has 0 saturated heterocycles. The Kier molecular flexibility index (Phi) is 5.56. The number of nitrogens with zero attached hydrogens (tertiary/aromatic N) is 1. The van der Waals surface area contributed by atoms with Gasteiger partial charge in [-0.15, -0.1) is 0 Å². The molecular weight excluding hydrogens is 298 g/mol. The Balaban J connectivity index is 2.34. The molecule has 6 heteroatoms. The van der Waals surface area contributed by atoms with Gasteiger partial charge in [-0.05, 0) is 35.4 Å². The number of aliphatic hydroxyl groups is 2. The molecule has 0 saturated carbocycles. The number of hydrogen-bond acceptors (Lipinski definition) is 6. The van der Waals surface area contributed by atoms with Gasteiger partial charge in [0.2, 0.25) is 0 Å². The van der Waals surface area contributed by atoms with E-state index in [1.807, 2.05) is 0 Å². The summed E-state index contributed by atoms with van der Waals surface area (Å²) in [5.41, 5.74) is 2.35. The van der Waals surface area contributed by atoms with E-state index >= 15 is 0 Å². The fourth-order valence-corrected chi connectivity index (χ4v) is 2.20. The van der Waals surface area contributed by atoms with Gasteiger partial charge < -0.3 is 24.8 Å². The number of ether oxygens (including phenoxy) is 2. The van der Waals surface area contributed by atoms with Crippen molar-refractivity contribution < 1.29 is 24.8 Å². The number of aliphatic hydroxyl groups excluding tert-OH is 2. The standard InChI is InChI=1S/C17H19NO5/c1-22-16-4-3-11(5-15(16)21)8-18-13-6-12(9-19)14(10-20)17(7-13)23-2/h3-8,19-21H,9-10H2,1-2H3/b18-8+. The van der Waals surface area contributed by atoms with Crippen LogP contribution in [0.2, 0.25) is 0 Å². The van der Waals surface area contributed by atoms with Crippen molar-refractivity contribution in [2.24, 2.45) is 4.99 Å². The van der Waals surface area contributed by atoms with Crippen LogP contribution >= 0.6 is 0 Å². The highest BCUT2D eigenvalue weighted by molar-refractivity contribution is 5.83. The van der Waals surface area contributed by atoms with E-state index in [1.165, 1.54) is 20.3 Å². The number of phenolic OH excluding ortho intramolecular Hbond substituents is 1. The number of aliphatic imine (C=N–C) groups is 1. The highest BCUT2D eigenvalue weighted by atomic mass is 16.5. The molecule has 3 N–H and O–H groups in total. The second-order valence-electron chi connectivity index (χ2n) is 4.79. The van der Waals surface area contributed by atoms with Crippen LogP contribution in [0.1, 0.15) is 16.7 Å². The van der Waals surface area contributed by atoms with Crippen molar-refractivity contribution in [1.82, 2.24) is 0 Å². The summed E-state index contributed by atoms with van der Waals surface area (Å²) in [6.45, 7) is -0.450. The predicted octanol–water partition coefficient (Wildman–Crippen LogP) is 2.14. The van der Waals surface area contributed by atoms with E-state index in [0.29, 0.717) is 33.9 Å². The summed E-state index contributed by atoms with van der Waals surface area (Å²) in [6, 6.07) is 8.28. The Bertz CT molecular complexity index is 687. The third-order valence-electron chi connectivity index (χ3n) is 3.40. The second-order valence-corrected chi connectivity index (χ2v) is 4.79. The first-order chi connectivity index (χ1) is 11.1. The molecule has 0 aliphatic rings. The number of hydrogen-bond donors (Lipinski definition) is 3. The summed E-state index contributed by atoms with van der Waals surface area (Å²) < 4.78 is 10.2. The summed E-state index contributed by atoms with van der Waals surface area (Å²) in [7, 11) is 2.97. The highest BCUT2D eigenvalue weighted by Gasteiger charge is 2.10. The first-order valence-corrected chi connectivity index (χ1v) is 6.95. The zero-order valence-corrected chi connectivity index (χ0v) is 13.0. The van der Waals surface area contributed by atoms with Crippen LogP contribution in [0.4, 0.5) is 5.69 Å². The molecule has 0 radical (unpaired) electrons. The van der Waals surface area contributed by atoms with Crippen molar-refractivity contribution in [1.29, 1.82) is 0 Å². The number of benzene rings is 2. The third-order valence-corrected chi connectivity index (χ3v) is 3.40. The minimum Gasteiger partial charge on any atom is -0.504 e. The van der Waals surface area contributed by atoms with Gasteiger partial charge in [-0.25, -0.2) is 0 Å². The van der Waals surface area contributed by atoms with Gasteiger partial charge in [-0.2, -0.15) is 0 Å². The summed E-state index contributed by atoms with van der Waals surface area (Å²) in [4.78, 5) is 4.32. The Morgan fingerprint density at radius 2 is 1.74 bits per heavy atom. The van der Waals surface area contributed by atoms with E-state index in [4.69, 9.17) is 9.47 Å². The summed E-state index contributed by atoms with van der Waals surface area (Å²) in [6.07, 6.45) is 1.58. The maximum absolute atomic E-state index is 9.75. The zero-order valence-electron chi connectivity index (χ0n) is 13.0. The van der Waals surface area contributed by atoms with Crippen LogP contribution in [-0.4, -0.2) is 35.8 Å². The monoisotopic (exact) mass is 317 g/mol. The van der Waals surface area contributed by atoms with Gasteiger partial charge in [0.05, 0.1) is 33.1 Å². The van der Waals surface area contributed by atoms with E-state index < -0.39 is 0 Å². The molecule has 2 rings (SSSR count). The van der Waals surface area contributed by atoms with Crippen LogP contribution in [0.25, 0.3) is 0 Å². The third kappa shape index (κ3) is 3.80. The Morgan fingerprint density at radius 1 is 1.00 bits per heavy atom. The zero-order chi connectivity index (χ0) is 16.8. The summed E-state index contributed by atoms with van der Waals surface area (Å²) in [5, 5.41) is 28.5. The molecule has 0 spiro atoms. The molecule has 0 aliphatic heterocycles. The SMILES string of the molecule is COc1ccc(/C=N/c2cc(CO)c(CO)c(OC)c2)cc1O. The molecular formula is C17H19NO5. The van der Waals surface area contributed by atoms with Gasteiger partial charge in [0.15, 0.2) is 11.5 Å². The van der Waals surface area contributed by atoms with Crippen LogP contribution in [0.3, 0.4) is 0 Å². The van der Waals surface area contributed by atoms with Crippen molar-refractivity contribution in [3.05, 3.63) is 47.0 Å². The molecule has 0 bridgehead atoms. The van der Waals surface area contributed by atoms with E-state index in [-0.39, 0.29) is 19.0 Å². The highest BCUT2D eigenvalue weighted by Crippen LogP contribution is 2.30. The smallest absolute Gasteiger partial charge is 0.160 e. The Labute approximate surface area is 134 Å². The van der Waals surface area contributed by atoms with E-state index in [1.54, 1.807) is 30.5 Å². The minimum atomic E-state index is -0.227. The maximum Gasteiger partial charge on any atom is 0.160 e. The molecule has 122 valence electrons. The van der Waals surface area contributed by atoms with Gasteiger partial charge in [-0.3, -0.25) is 4.99 Å². The summed E-state index contributed by atoms with van der Waals surface area (Å²) >= 11 is 0. The molecule has 0 atom stereocenters. The molecule has 0 heterocycles. The van der Waals surface area contributed by atoms with Crippen LogP contribution in [0.15, 0.2) is 35.3 Å². The van der Waals surface area contributed by atoms with E-state index in [0.717, 1.165) is 0 Å². The lowest BCUT2D eigenvalue weighted by Crippen LogP contribution is -1.98. The Morgan fingerprint density at radius 3 is 2.30 bits per heavy atom. The van der Waals surface area contributed by atoms with Crippen LogP contribution in [-0.2, 0) is 13.2 Å². The molecule has 0 fully saturated rings. The van der Waals surface area contributed by atoms with Crippen LogP contribution < -0.4 is 9.47 Å². The van der Waals surface area contributed by atoms with Gasteiger partial charge in [0, 0.05) is 17.8 Å². The topological polar surface area (TPSA) is 91.5 Å².